The number of benzene rings is 2. The van der Waals surface area contributed by atoms with Gasteiger partial charge in [-0.05, 0) is 31.0 Å². The first kappa shape index (κ1) is 20.3. The van der Waals surface area contributed by atoms with Crippen LogP contribution in [0.4, 0.5) is 5.69 Å². The summed E-state index contributed by atoms with van der Waals surface area (Å²) < 4.78 is 0. The van der Waals surface area contributed by atoms with E-state index in [9.17, 15) is 14.9 Å². The molecule has 7 nitrogen and oxygen atoms in total. The molecule has 0 fully saturated rings. The number of H-pyrrole nitrogens is 1. The Morgan fingerprint density at radius 2 is 1.93 bits per heavy atom. The number of nitrogens with one attached hydrogen (secondary N) is 1. The van der Waals surface area contributed by atoms with Crippen molar-refractivity contribution in [3.05, 3.63) is 81.3 Å². The molecule has 0 unspecified atom stereocenters. The molecule has 0 aliphatic carbocycles. The van der Waals surface area contributed by atoms with Crippen LogP contribution in [-0.4, -0.2) is 32.7 Å². The van der Waals surface area contributed by atoms with E-state index in [0.717, 1.165) is 18.5 Å². The number of nitrogens with zero attached hydrogens (tertiary/aromatic N) is 3. The molecule has 0 aliphatic rings. The van der Waals surface area contributed by atoms with Crippen molar-refractivity contribution >= 4 is 11.6 Å². The Hall–Kier alpha value is -3.48. The van der Waals surface area contributed by atoms with Gasteiger partial charge in [0.1, 0.15) is 5.82 Å². The summed E-state index contributed by atoms with van der Waals surface area (Å²) in [5.74, 6) is 0.543. The minimum atomic E-state index is -0.426. The third-order valence-corrected chi connectivity index (χ3v) is 4.74. The monoisotopic (exact) mass is 392 g/mol. The molecular weight excluding hydrogens is 368 g/mol. The van der Waals surface area contributed by atoms with Crippen molar-refractivity contribution in [3.63, 3.8) is 0 Å². The normalized spacial score (nSPS) is 10.7. The maximum Gasteiger partial charge on any atom is 0.270 e. The maximum atomic E-state index is 12.7. The highest BCUT2D eigenvalue weighted by atomic mass is 16.6. The fourth-order valence-corrected chi connectivity index (χ4v) is 3.26. The van der Waals surface area contributed by atoms with Gasteiger partial charge in [-0.15, -0.1) is 0 Å². The van der Waals surface area contributed by atoms with Crippen LogP contribution < -0.4 is 0 Å². The Kier molecular flexibility index (Phi) is 6.07. The van der Waals surface area contributed by atoms with Gasteiger partial charge in [0.2, 0.25) is 0 Å². The lowest BCUT2D eigenvalue weighted by molar-refractivity contribution is -0.384. The summed E-state index contributed by atoms with van der Waals surface area (Å²) in [7, 11) is 1.73. The molecule has 0 bridgehead atoms. The van der Waals surface area contributed by atoms with Gasteiger partial charge < -0.3 is 9.88 Å². The van der Waals surface area contributed by atoms with Crippen LogP contribution in [0.5, 0.6) is 0 Å². The molecule has 0 saturated carbocycles. The van der Waals surface area contributed by atoms with Crippen molar-refractivity contribution in [1.82, 2.24) is 14.9 Å². The van der Waals surface area contributed by atoms with Gasteiger partial charge in [-0.3, -0.25) is 14.9 Å². The second-order valence-corrected chi connectivity index (χ2v) is 7.07. The number of hydrogen-bond acceptors (Lipinski definition) is 4. The van der Waals surface area contributed by atoms with Crippen LogP contribution in [0.3, 0.4) is 0 Å². The summed E-state index contributed by atoms with van der Waals surface area (Å²) >= 11 is 0. The predicted molar refractivity (Wildman–Crippen MR) is 112 cm³/mol. The first-order chi connectivity index (χ1) is 13.9. The third kappa shape index (κ3) is 4.68. The molecule has 1 N–H and O–H groups in total. The molecule has 3 aromatic rings. The van der Waals surface area contributed by atoms with Gasteiger partial charge in [0.25, 0.3) is 11.6 Å². The zero-order valence-corrected chi connectivity index (χ0v) is 16.8. The van der Waals surface area contributed by atoms with Crippen molar-refractivity contribution in [3.8, 4) is 11.3 Å². The average molecular weight is 392 g/mol. The van der Waals surface area contributed by atoms with Gasteiger partial charge in [0.05, 0.1) is 17.2 Å². The Labute approximate surface area is 169 Å². The van der Waals surface area contributed by atoms with E-state index in [2.05, 4.69) is 16.9 Å². The minimum Gasteiger partial charge on any atom is -0.344 e. The van der Waals surface area contributed by atoms with Crippen molar-refractivity contribution in [2.75, 3.05) is 7.05 Å². The predicted octanol–water partition coefficient (Wildman–Crippen LogP) is 4.52. The lowest BCUT2D eigenvalue weighted by Gasteiger charge is -2.16. The van der Waals surface area contributed by atoms with Crippen molar-refractivity contribution in [2.24, 2.45) is 0 Å². The van der Waals surface area contributed by atoms with Crippen LogP contribution in [0.2, 0.25) is 0 Å². The Balaban J connectivity index is 1.75. The largest absolute Gasteiger partial charge is 0.344 e. The molecule has 0 spiro atoms. The van der Waals surface area contributed by atoms with E-state index < -0.39 is 4.92 Å². The lowest BCUT2D eigenvalue weighted by Crippen LogP contribution is -2.26. The van der Waals surface area contributed by atoms with E-state index in [-0.39, 0.29) is 11.6 Å². The van der Waals surface area contributed by atoms with Crippen molar-refractivity contribution < 1.29 is 9.72 Å². The summed E-state index contributed by atoms with van der Waals surface area (Å²) in [6.07, 6.45) is 2.06. The number of nitro benzene ring substituents is 1. The van der Waals surface area contributed by atoms with Crippen LogP contribution in [0, 0.1) is 17.0 Å². The van der Waals surface area contributed by atoms with Gasteiger partial charge in [-0.2, -0.15) is 0 Å². The van der Waals surface area contributed by atoms with Crippen LogP contribution in [0.1, 0.15) is 40.8 Å². The fraction of sp³-hybridized carbons (Fsp3) is 0.273. The second kappa shape index (κ2) is 8.68. The molecule has 150 valence electrons. The highest BCUT2D eigenvalue weighted by Gasteiger charge is 2.17. The maximum absolute atomic E-state index is 12.7. The molecule has 2 aromatic carbocycles. The highest BCUT2D eigenvalue weighted by Crippen LogP contribution is 2.25. The van der Waals surface area contributed by atoms with Crippen LogP contribution in [0.25, 0.3) is 11.3 Å². The number of aromatic amines is 1. The number of nitro groups is 1. The quantitative estimate of drug-likeness (QED) is 0.473. The number of non-ortho nitro benzene ring substituents is 1. The molecule has 1 heterocycles. The molecule has 0 radical (unpaired) electrons. The first-order valence-electron chi connectivity index (χ1n) is 9.53. The molecule has 29 heavy (non-hydrogen) atoms. The summed E-state index contributed by atoms with van der Waals surface area (Å²) in [4.78, 5) is 32.6. The van der Waals surface area contributed by atoms with E-state index in [1.807, 2.05) is 31.2 Å². The molecule has 0 aliphatic heterocycles. The van der Waals surface area contributed by atoms with Crippen LogP contribution in [0.15, 0.2) is 48.5 Å². The summed E-state index contributed by atoms with van der Waals surface area (Å²) in [5.41, 5.74) is 3.98. The lowest BCUT2D eigenvalue weighted by atomic mass is 10.1. The molecular formula is C22H24N4O3. The van der Waals surface area contributed by atoms with Crippen LogP contribution >= 0.6 is 0 Å². The van der Waals surface area contributed by atoms with Crippen molar-refractivity contribution in [2.45, 2.75) is 33.2 Å². The number of amides is 1. The molecule has 1 amide bonds. The van der Waals surface area contributed by atoms with E-state index in [1.54, 1.807) is 24.1 Å². The molecule has 7 heteroatoms. The number of aromatic nitrogens is 2. The van der Waals surface area contributed by atoms with Gasteiger partial charge in [0, 0.05) is 36.0 Å². The topological polar surface area (TPSA) is 92.1 Å². The molecule has 0 atom stereocenters. The molecule has 3 rings (SSSR count). The van der Waals surface area contributed by atoms with E-state index in [0.29, 0.717) is 29.2 Å². The highest BCUT2D eigenvalue weighted by molar-refractivity contribution is 5.94. The van der Waals surface area contributed by atoms with Gasteiger partial charge in [-0.1, -0.05) is 37.6 Å². The second-order valence-electron chi connectivity index (χ2n) is 7.07. The SMILES string of the molecule is CCCc1ccc(C(=O)N(C)Cc2nc(-c3cccc([N+](=O)[O-])c3)c(C)[nH]2)cc1. The van der Waals surface area contributed by atoms with E-state index in [1.165, 1.54) is 17.7 Å². The average Bonchev–Trinajstić information content (AvgIpc) is 3.08. The number of aryl methyl sites for hydroxylation is 2. The number of rotatable bonds is 7. The van der Waals surface area contributed by atoms with Gasteiger partial charge in [-0.25, -0.2) is 4.98 Å². The van der Waals surface area contributed by atoms with Crippen molar-refractivity contribution in [1.29, 1.82) is 0 Å². The standard InChI is InChI=1S/C22H24N4O3/c1-4-6-16-9-11-17(12-10-16)22(27)25(3)14-20-23-15(2)21(24-20)18-7-5-8-19(13-18)26(28)29/h5,7-13H,4,6,14H2,1-3H3,(H,23,24). The van der Waals surface area contributed by atoms with Gasteiger partial charge in [0.15, 0.2) is 0 Å². The van der Waals surface area contributed by atoms with Gasteiger partial charge >= 0.3 is 0 Å². The summed E-state index contributed by atoms with van der Waals surface area (Å²) in [5, 5.41) is 11.0. The summed E-state index contributed by atoms with van der Waals surface area (Å²) in [6.45, 7) is 4.30. The number of carbonyl (C=O) groups excluding carboxylic acids is 1. The molecule has 0 saturated heterocycles. The van der Waals surface area contributed by atoms with E-state index >= 15 is 0 Å². The zero-order chi connectivity index (χ0) is 21.0. The van der Waals surface area contributed by atoms with Crippen LogP contribution in [-0.2, 0) is 13.0 Å². The minimum absolute atomic E-state index is 0.0188. The number of hydrogen-bond donors (Lipinski definition) is 1. The smallest absolute Gasteiger partial charge is 0.270 e. The zero-order valence-electron chi connectivity index (χ0n) is 16.8. The summed E-state index contributed by atoms with van der Waals surface area (Å²) in [6, 6.07) is 14.1. The first-order valence-corrected chi connectivity index (χ1v) is 9.53. The number of carbonyl (C=O) groups is 1. The fourth-order valence-electron chi connectivity index (χ4n) is 3.26. The molecule has 1 aromatic heterocycles. The third-order valence-electron chi connectivity index (χ3n) is 4.74. The Bertz CT molecular complexity index is 1020. The van der Waals surface area contributed by atoms with E-state index in [4.69, 9.17) is 0 Å². The Morgan fingerprint density at radius 1 is 1.21 bits per heavy atom. The Morgan fingerprint density at radius 3 is 2.59 bits per heavy atom. The number of imidazole rings is 1.